The van der Waals surface area contributed by atoms with E-state index in [1.165, 1.54) is 17.5 Å². The second-order valence-corrected chi connectivity index (χ2v) is 8.64. The quantitative estimate of drug-likeness (QED) is 0.886. The third-order valence-electron chi connectivity index (χ3n) is 4.59. The van der Waals surface area contributed by atoms with E-state index in [-0.39, 0.29) is 23.5 Å². The summed E-state index contributed by atoms with van der Waals surface area (Å²) in [4.78, 5) is 12.3. The molecule has 0 unspecified atom stereocenters. The first-order chi connectivity index (χ1) is 11.0. The van der Waals surface area contributed by atoms with Crippen LogP contribution < -0.4 is 10.1 Å². The highest BCUT2D eigenvalue weighted by molar-refractivity contribution is 7.91. The average molecular weight is 337 g/mol. The Hall–Kier alpha value is -1.56. The molecule has 1 saturated heterocycles. The second kappa shape index (κ2) is 6.51. The van der Waals surface area contributed by atoms with Crippen LogP contribution in [0.25, 0.3) is 0 Å². The lowest BCUT2D eigenvalue weighted by molar-refractivity contribution is -0.128. The Bertz CT molecular complexity index is 699. The van der Waals surface area contributed by atoms with Gasteiger partial charge in [-0.25, -0.2) is 8.42 Å². The molecule has 2 aliphatic rings. The van der Waals surface area contributed by atoms with Gasteiger partial charge in [0.15, 0.2) is 15.9 Å². The number of benzene rings is 1. The van der Waals surface area contributed by atoms with Crippen molar-refractivity contribution in [3.63, 3.8) is 0 Å². The van der Waals surface area contributed by atoms with Crippen LogP contribution >= 0.6 is 0 Å². The van der Waals surface area contributed by atoms with Crippen LogP contribution in [0.2, 0.25) is 0 Å². The van der Waals surface area contributed by atoms with Crippen molar-refractivity contribution in [2.24, 2.45) is 0 Å². The molecule has 2 atom stereocenters. The molecular formula is C17H23NO4S. The Kier molecular flexibility index (Phi) is 4.62. The smallest absolute Gasteiger partial charge is 0.261 e. The fraction of sp³-hybridized carbons (Fsp3) is 0.588. The van der Waals surface area contributed by atoms with Gasteiger partial charge < -0.3 is 10.1 Å². The first kappa shape index (κ1) is 16.3. The number of aryl methyl sites for hydroxylation is 2. The summed E-state index contributed by atoms with van der Waals surface area (Å²) in [6.45, 7) is 1.89. The van der Waals surface area contributed by atoms with E-state index in [4.69, 9.17) is 4.74 Å². The molecule has 0 aromatic heterocycles. The molecular weight excluding hydrogens is 314 g/mol. The summed E-state index contributed by atoms with van der Waals surface area (Å²) in [5.74, 6) is 0.677. The van der Waals surface area contributed by atoms with Crippen LogP contribution in [0.1, 0.15) is 37.3 Å². The number of sulfone groups is 1. The van der Waals surface area contributed by atoms with Crippen LogP contribution in [0.4, 0.5) is 0 Å². The van der Waals surface area contributed by atoms with E-state index in [1.807, 2.05) is 19.1 Å². The average Bonchev–Trinajstić information content (AvgIpc) is 3.10. The molecule has 6 heteroatoms. The SMILES string of the molecule is CC[C@@H](Oc1ccc2c(c1)CCC2)C(=O)N[C@@H]1CCS(=O)(=O)C1. The zero-order valence-electron chi connectivity index (χ0n) is 13.4. The molecule has 1 N–H and O–H groups in total. The maximum Gasteiger partial charge on any atom is 0.261 e. The Labute approximate surface area is 137 Å². The van der Waals surface area contributed by atoms with E-state index < -0.39 is 15.9 Å². The molecule has 0 radical (unpaired) electrons. The van der Waals surface area contributed by atoms with Crippen LogP contribution in [-0.2, 0) is 27.5 Å². The van der Waals surface area contributed by atoms with Gasteiger partial charge in [-0.3, -0.25) is 4.79 Å². The number of ether oxygens (including phenoxy) is 1. The summed E-state index contributed by atoms with van der Waals surface area (Å²) in [7, 11) is -2.99. The highest BCUT2D eigenvalue weighted by Gasteiger charge is 2.31. The molecule has 1 aliphatic heterocycles. The molecule has 0 bridgehead atoms. The van der Waals surface area contributed by atoms with Gasteiger partial charge >= 0.3 is 0 Å². The molecule has 0 saturated carbocycles. The monoisotopic (exact) mass is 337 g/mol. The van der Waals surface area contributed by atoms with Gasteiger partial charge in [-0.15, -0.1) is 0 Å². The fourth-order valence-electron chi connectivity index (χ4n) is 3.31. The molecule has 1 fully saturated rings. The predicted octanol–water partition coefficient (Wildman–Crippen LogP) is 1.64. The van der Waals surface area contributed by atoms with Gasteiger partial charge in [-0.05, 0) is 55.4 Å². The predicted molar refractivity (Wildman–Crippen MR) is 88.4 cm³/mol. The minimum atomic E-state index is -2.99. The number of fused-ring (bicyclic) bond motifs is 1. The van der Waals surface area contributed by atoms with Crippen molar-refractivity contribution in [1.82, 2.24) is 5.32 Å². The Morgan fingerprint density at radius 3 is 2.83 bits per heavy atom. The van der Waals surface area contributed by atoms with Crippen LogP contribution in [0.15, 0.2) is 18.2 Å². The second-order valence-electron chi connectivity index (χ2n) is 6.41. The summed E-state index contributed by atoms with van der Waals surface area (Å²) in [5.41, 5.74) is 2.67. The van der Waals surface area contributed by atoms with E-state index in [1.54, 1.807) is 0 Å². The third kappa shape index (κ3) is 3.86. The molecule has 1 aromatic carbocycles. The molecule has 3 rings (SSSR count). The number of hydrogen-bond donors (Lipinski definition) is 1. The van der Waals surface area contributed by atoms with Crippen molar-refractivity contribution in [2.75, 3.05) is 11.5 Å². The highest BCUT2D eigenvalue weighted by Crippen LogP contribution is 2.26. The zero-order valence-corrected chi connectivity index (χ0v) is 14.2. The molecule has 126 valence electrons. The molecule has 5 nitrogen and oxygen atoms in total. The molecule has 1 aliphatic carbocycles. The lowest BCUT2D eigenvalue weighted by atomic mass is 10.1. The third-order valence-corrected chi connectivity index (χ3v) is 6.36. The largest absolute Gasteiger partial charge is 0.481 e. The van der Waals surface area contributed by atoms with Gasteiger partial charge in [0.25, 0.3) is 5.91 Å². The first-order valence-electron chi connectivity index (χ1n) is 8.26. The van der Waals surface area contributed by atoms with E-state index in [2.05, 4.69) is 11.4 Å². The van der Waals surface area contributed by atoms with E-state index >= 15 is 0 Å². The summed E-state index contributed by atoms with van der Waals surface area (Å²) < 4.78 is 28.8. The molecule has 1 amide bonds. The highest BCUT2D eigenvalue weighted by atomic mass is 32.2. The number of carbonyl (C=O) groups is 1. The van der Waals surface area contributed by atoms with Gasteiger partial charge in [0.1, 0.15) is 5.75 Å². The molecule has 0 spiro atoms. The normalized spacial score (nSPS) is 23.3. The summed E-state index contributed by atoms with van der Waals surface area (Å²) in [6, 6.07) is 5.73. The van der Waals surface area contributed by atoms with E-state index in [0.29, 0.717) is 18.6 Å². The Morgan fingerprint density at radius 1 is 1.35 bits per heavy atom. The van der Waals surface area contributed by atoms with Crippen molar-refractivity contribution in [3.8, 4) is 5.75 Å². The van der Waals surface area contributed by atoms with Crippen LogP contribution in [0, 0.1) is 0 Å². The number of carbonyl (C=O) groups excluding carboxylic acids is 1. The number of hydrogen-bond acceptors (Lipinski definition) is 4. The Morgan fingerprint density at radius 2 is 2.13 bits per heavy atom. The number of rotatable bonds is 5. The Balaban J connectivity index is 1.62. The van der Waals surface area contributed by atoms with Gasteiger partial charge in [0.05, 0.1) is 11.5 Å². The van der Waals surface area contributed by atoms with Crippen molar-refractivity contribution >= 4 is 15.7 Å². The first-order valence-corrected chi connectivity index (χ1v) is 10.1. The minimum Gasteiger partial charge on any atom is -0.481 e. The summed E-state index contributed by atoms with van der Waals surface area (Å²) in [6.07, 6.45) is 3.80. The minimum absolute atomic E-state index is 0.0357. The van der Waals surface area contributed by atoms with Crippen LogP contribution in [-0.4, -0.2) is 38.0 Å². The number of amides is 1. The summed E-state index contributed by atoms with van der Waals surface area (Å²) >= 11 is 0. The zero-order chi connectivity index (χ0) is 16.4. The molecule has 1 aromatic rings. The lowest BCUT2D eigenvalue weighted by Gasteiger charge is -2.20. The van der Waals surface area contributed by atoms with Gasteiger partial charge in [0.2, 0.25) is 0 Å². The lowest BCUT2D eigenvalue weighted by Crippen LogP contribution is -2.44. The van der Waals surface area contributed by atoms with Gasteiger partial charge in [-0.1, -0.05) is 13.0 Å². The van der Waals surface area contributed by atoms with Crippen molar-refractivity contribution in [2.45, 2.75) is 51.2 Å². The maximum atomic E-state index is 12.3. The topological polar surface area (TPSA) is 72.5 Å². The maximum absolute atomic E-state index is 12.3. The van der Waals surface area contributed by atoms with Gasteiger partial charge in [-0.2, -0.15) is 0 Å². The van der Waals surface area contributed by atoms with E-state index in [9.17, 15) is 13.2 Å². The van der Waals surface area contributed by atoms with Gasteiger partial charge in [0, 0.05) is 6.04 Å². The van der Waals surface area contributed by atoms with Crippen molar-refractivity contribution in [3.05, 3.63) is 29.3 Å². The standard InChI is InChI=1S/C17H23NO4S/c1-2-16(17(19)18-14-8-9-23(20,21)11-14)22-15-7-6-12-4-3-5-13(12)10-15/h6-7,10,14,16H,2-5,8-9,11H2,1H3,(H,18,19)/t14-,16-/m1/s1. The molecule has 1 heterocycles. The van der Waals surface area contributed by atoms with Crippen molar-refractivity contribution < 1.29 is 17.9 Å². The van der Waals surface area contributed by atoms with Crippen LogP contribution in [0.5, 0.6) is 5.75 Å². The summed E-state index contributed by atoms with van der Waals surface area (Å²) in [5, 5.41) is 2.81. The van der Waals surface area contributed by atoms with Crippen molar-refractivity contribution in [1.29, 1.82) is 0 Å². The van der Waals surface area contributed by atoms with E-state index in [0.717, 1.165) is 12.8 Å². The fourth-order valence-corrected chi connectivity index (χ4v) is 4.98. The van der Waals surface area contributed by atoms with Crippen LogP contribution in [0.3, 0.4) is 0 Å². The molecule has 23 heavy (non-hydrogen) atoms. The number of nitrogens with one attached hydrogen (secondary N) is 1.